The van der Waals surface area contributed by atoms with Gasteiger partial charge in [-0.2, -0.15) is 0 Å². The second-order valence-electron chi connectivity index (χ2n) is 7.46. The van der Waals surface area contributed by atoms with E-state index >= 15 is 0 Å². The van der Waals surface area contributed by atoms with Gasteiger partial charge < -0.3 is 0 Å². The number of rotatable bonds is 8. The molecule has 3 aromatic carbocycles. The van der Waals surface area contributed by atoms with Crippen LogP contribution >= 0.6 is 0 Å². The third-order valence-corrected chi connectivity index (χ3v) is 17.0. The SMILES string of the molecule is C=CC(=O)[O][Sn]([c]1ccc(CC)cc1)([c]1ccc(CC)cc1)[c]1ccc(CC)cc1. The Kier molecular flexibility index (Phi) is 7.54. The minimum absolute atomic E-state index is 0.357. The van der Waals surface area contributed by atoms with E-state index in [2.05, 4.69) is 100 Å². The molecule has 3 aromatic rings. The first-order valence-corrected chi connectivity index (χ1v) is 16.2. The van der Waals surface area contributed by atoms with Crippen LogP contribution in [0.3, 0.4) is 0 Å². The number of carbonyl (C=O) groups excluding carboxylic acids is 1. The fourth-order valence-electron chi connectivity index (χ4n) is 3.79. The molecule has 0 radical (unpaired) electrons. The molecular weight excluding hydrogens is 475 g/mol. The summed E-state index contributed by atoms with van der Waals surface area (Å²) in [7, 11) is 0. The Morgan fingerprint density at radius 1 is 0.700 bits per heavy atom. The standard InChI is InChI=1S/3C8H9.C3H4O2.Sn/c3*1-2-8-6-4-3-5-7-8;1-2-3(4)5;/h3*4-7H,2H2,1H3;2H,1H2,(H,4,5);/q;;;;+1/p-1. The molecule has 0 spiro atoms. The van der Waals surface area contributed by atoms with Gasteiger partial charge in [0.15, 0.2) is 0 Å². The second-order valence-corrected chi connectivity index (χ2v) is 16.9. The number of aryl methyl sites for hydroxylation is 3. The summed E-state index contributed by atoms with van der Waals surface area (Å²) in [6.07, 6.45) is 4.22. The van der Waals surface area contributed by atoms with Crippen molar-refractivity contribution in [3.8, 4) is 0 Å². The first-order valence-electron chi connectivity index (χ1n) is 10.7. The Morgan fingerprint density at radius 2 is 1.00 bits per heavy atom. The Hall–Kier alpha value is -2.33. The molecule has 0 aliphatic heterocycles. The van der Waals surface area contributed by atoms with E-state index in [1.165, 1.54) is 22.8 Å². The number of hydrogen-bond acceptors (Lipinski definition) is 2. The van der Waals surface area contributed by atoms with Gasteiger partial charge in [0.2, 0.25) is 0 Å². The maximum absolute atomic E-state index is 12.6. The van der Waals surface area contributed by atoms with Gasteiger partial charge in [0, 0.05) is 0 Å². The molecule has 0 aromatic heterocycles. The zero-order chi connectivity index (χ0) is 21.6. The van der Waals surface area contributed by atoms with E-state index in [1.807, 2.05) is 0 Å². The van der Waals surface area contributed by atoms with Crippen molar-refractivity contribution in [2.24, 2.45) is 0 Å². The van der Waals surface area contributed by atoms with E-state index in [1.54, 1.807) is 0 Å². The molecule has 0 N–H and O–H groups in total. The van der Waals surface area contributed by atoms with Crippen LogP contribution in [-0.4, -0.2) is 24.8 Å². The van der Waals surface area contributed by atoms with E-state index in [4.69, 9.17) is 3.07 Å². The second kappa shape index (κ2) is 10.1. The summed E-state index contributed by atoms with van der Waals surface area (Å²) in [5.41, 5.74) is 3.82. The normalized spacial score (nSPS) is 11.2. The predicted octanol–water partition coefficient (Wildman–Crippen LogP) is 4.07. The van der Waals surface area contributed by atoms with E-state index in [0.717, 1.165) is 30.0 Å². The Labute approximate surface area is 185 Å². The first kappa shape index (κ1) is 22.4. The molecule has 0 bridgehead atoms. The molecular formula is C27H30O2Sn. The minimum atomic E-state index is -4.05. The van der Waals surface area contributed by atoms with Gasteiger partial charge in [-0.15, -0.1) is 0 Å². The molecule has 0 aliphatic rings. The third-order valence-electron chi connectivity index (χ3n) is 5.73. The molecule has 2 nitrogen and oxygen atoms in total. The third kappa shape index (κ3) is 4.54. The van der Waals surface area contributed by atoms with Crippen LogP contribution in [0, 0.1) is 0 Å². The maximum atomic E-state index is 12.6. The molecule has 0 heterocycles. The van der Waals surface area contributed by atoms with Crippen LogP contribution in [0.25, 0.3) is 0 Å². The van der Waals surface area contributed by atoms with Crippen molar-refractivity contribution in [2.75, 3.05) is 0 Å². The molecule has 3 rings (SSSR count). The van der Waals surface area contributed by atoms with Gasteiger partial charge in [-0.25, -0.2) is 0 Å². The summed E-state index contributed by atoms with van der Waals surface area (Å²) in [5, 5.41) is 0. The van der Waals surface area contributed by atoms with Crippen molar-refractivity contribution < 1.29 is 7.87 Å². The fourth-order valence-corrected chi connectivity index (χ4v) is 14.2. The first-order chi connectivity index (χ1) is 14.6. The average Bonchev–Trinajstić information content (AvgIpc) is 2.82. The Bertz CT molecular complexity index is 871. The summed E-state index contributed by atoms with van der Waals surface area (Å²) in [6.45, 7) is 10.1. The monoisotopic (exact) mass is 506 g/mol. The molecule has 0 saturated heterocycles. The van der Waals surface area contributed by atoms with Crippen LogP contribution in [0.2, 0.25) is 0 Å². The molecule has 0 unspecified atom stereocenters. The van der Waals surface area contributed by atoms with Gasteiger partial charge in [0.1, 0.15) is 0 Å². The van der Waals surface area contributed by atoms with E-state index in [0.29, 0.717) is 0 Å². The Morgan fingerprint density at radius 3 is 1.23 bits per heavy atom. The quantitative estimate of drug-likeness (QED) is 0.341. The van der Waals surface area contributed by atoms with Gasteiger partial charge in [-0.1, -0.05) is 0 Å². The summed E-state index contributed by atoms with van der Waals surface area (Å²) in [4.78, 5) is 12.6. The number of hydrogen-bond donors (Lipinski definition) is 0. The van der Waals surface area contributed by atoms with Gasteiger partial charge in [0.25, 0.3) is 0 Å². The molecule has 154 valence electrons. The van der Waals surface area contributed by atoms with E-state index in [-0.39, 0.29) is 5.97 Å². The Balaban J connectivity index is 2.29. The van der Waals surface area contributed by atoms with Gasteiger partial charge >= 0.3 is 186 Å². The van der Waals surface area contributed by atoms with Gasteiger partial charge in [-0.3, -0.25) is 0 Å². The zero-order valence-electron chi connectivity index (χ0n) is 18.2. The summed E-state index contributed by atoms with van der Waals surface area (Å²) >= 11 is -4.05. The van der Waals surface area contributed by atoms with E-state index < -0.39 is 18.8 Å². The van der Waals surface area contributed by atoms with Crippen molar-refractivity contribution in [1.29, 1.82) is 0 Å². The molecule has 0 saturated carbocycles. The summed E-state index contributed by atoms with van der Waals surface area (Å²) in [6, 6.07) is 25.9. The van der Waals surface area contributed by atoms with Gasteiger partial charge in [0.05, 0.1) is 0 Å². The van der Waals surface area contributed by atoms with Crippen LogP contribution < -0.4 is 10.7 Å². The van der Waals surface area contributed by atoms with Crippen LogP contribution in [0.1, 0.15) is 37.5 Å². The van der Waals surface area contributed by atoms with Gasteiger partial charge in [-0.05, 0) is 0 Å². The molecule has 0 aliphatic carbocycles. The van der Waals surface area contributed by atoms with Crippen LogP contribution in [-0.2, 0) is 27.1 Å². The van der Waals surface area contributed by atoms with Crippen LogP contribution in [0.5, 0.6) is 0 Å². The van der Waals surface area contributed by atoms with Crippen LogP contribution in [0.15, 0.2) is 85.5 Å². The van der Waals surface area contributed by atoms with Crippen molar-refractivity contribution in [3.63, 3.8) is 0 Å². The molecule has 0 amide bonds. The number of carbonyl (C=O) groups is 1. The predicted molar refractivity (Wildman–Crippen MR) is 128 cm³/mol. The summed E-state index contributed by atoms with van der Waals surface area (Å²) in [5.74, 6) is -0.357. The summed E-state index contributed by atoms with van der Waals surface area (Å²) < 4.78 is 9.81. The van der Waals surface area contributed by atoms with Crippen molar-refractivity contribution >= 4 is 35.5 Å². The fraction of sp³-hybridized carbons (Fsp3) is 0.222. The van der Waals surface area contributed by atoms with Crippen molar-refractivity contribution in [1.82, 2.24) is 0 Å². The average molecular weight is 505 g/mol. The van der Waals surface area contributed by atoms with Crippen LogP contribution in [0.4, 0.5) is 0 Å². The molecule has 0 atom stereocenters. The molecule has 3 heteroatoms. The van der Waals surface area contributed by atoms with E-state index in [9.17, 15) is 4.79 Å². The van der Waals surface area contributed by atoms with Crippen molar-refractivity contribution in [3.05, 3.63) is 102 Å². The van der Waals surface area contributed by atoms with Crippen molar-refractivity contribution in [2.45, 2.75) is 40.0 Å². The molecule has 0 fully saturated rings. The zero-order valence-corrected chi connectivity index (χ0v) is 21.0. The topological polar surface area (TPSA) is 26.3 Å². The molecule has 30 heavy (non-hydrogen) atoms. The number of benzene rings is 3.